The number of rotatable bonds is 4. The number of H-pyrrole nitrogens is 1. The van der Waals surface area contributed by atoms with Crippen LogP contribution < -0.4 is 0 Å². The predicted molar refractivity (Wildman–Crippen MR) is 90.1 cm³/mol. The third-order valence-corrected chi connectivity index (χ3v) is 4.42. The number of hydrogen-bond donors (Lipinski definition) is 1. The Morgan fingerprint density at radius 3 is 2.92 bits per heavy atom. The zero-order chi connectivity index (χ0) is 17.1. The van der Waals surface area contributed by atoms with E-state index in [4.69, 9.17) is 0 Å². The second-order valence-corrected chi connectivity index (χ2v) is 6.27. The Morgan fingerprint density at radius 1 is 1.38 bits per heavy atom. The van der Waals surface area contributed by atoms with E-state index < -0.39 is 6.04 Å². The second-order valence-electron chi connectivity index (χ2n) is 6.27. The van der Waals surface area contributed by atoms with Crippen LogP contribution in [-0.4, -0.2) is 50.7 Å². The monoisotopic (exact) mass is 326 g/mol. The number of nitrogens with zero attached hydrogens (tertiary/aromatic N) is 3. The van der Waals surface area contributed by atoms with Gasteiger partial charge < -0.3 is 14.8 Å². The van der Waals surface area contributed by atoms with Gasteiger partial charge in [-0.3, -0.25) is 9.59 Å². The van der Waals surface area contributed by atoms with Gasteiger partial charge in [0.25, 0.3) is 0 Å². The molecule has 1 N–H and O–H groups in total. The smallest absolute Gasteiger partial charge is 0.245 e. The number of hydrogen-bond acceptors (Lipinski definition) is 3. The van der Waals surface area contributed by atoms with E-state index in [0.717, 1.165) is 11.3 Å². The zero-order valence-electron chi connectivity index (χ0n) is 14.0. The molecular formula is C18H22N4O2. The molecule has 1 aromatic carbocycles. The molecule has 3 rings (SSSR count). The number of aromatic amines is 1. The molecule has 2 amide bonds. The number of carbonyl (C=O) groups is 2. The highest BCUT2D eigenvalue weighted by atomic mass is 16.2. The fourth-order valence-corrected chi connectivity index (χ4v) is 3.10. The fourth-order valence-electron chi connectivity index (χ4n) is 3.10. The third-order valence-electron chi connectivity index (χ3n) is 4.42. The predicted octanol–water partition coefficient (Wildman–Crippen LogP) is 1.52. The SMILES string of the molecule is Cc1cccc(CN2CCN(C(=O)Cc3cnc[nH]3)C(C)C2=O)c1. The highest BCUT2D eigenvalue weighted by Crippen LogP contribution is 2.16. The Kier molecular flexibility index (Phi) is 4.64. The number of amides is 2. The molecule has 0 spiro atoms. The largest absolute Gasteiger partial charge is 0.348 e. The summed E-state index contributed by atoms with van der Waals surface area (Å²) in [4.78, 5) is 35.4. The molecular weight excluding hydrogens is 304 g/mol. The standard InChI is InChI=1S/C18H22N4O2/c1-13-4-3-5-15(8-13)11-21-6-7-22(14(2)18(21)24)17(23)9-16-10-19-12-20-16/h3-5,8,10,12,14H,6-7,9,11H2,1-2H3,(H,19,20). The first-order chi connectivity index (χ1) is 11.5. The molecule has 1 unspecified atom stereocenters. The van der Waals surface area contributed by atoms with Crippen molar-refractivity contribution in [2.24, 2.45) is 0 Å². The Hall–Kier alpha value is -2.63. The highest BCUT2D eigenvalue weighted by Gasteiger charge is 2.34. The Balaban J connectivity index is 1.64. The quantitative estimate of drug-likeness (QED) is 0.926. The molecule has 1 fully saturated rings. The van der Waals surface area contributed by atoms with E-state index in [1.165, 1.54) is 5.56 Å². The molecule has 1 atom stereocenters. The van der Waals surface area contributed by atoms with E-state index in [1.54, 1.807) is 24.3 Å². The molecule has 0 radical (unpaired) electrons. The zero-order valence-corrected chi connectivity index (χ0v) is 14.0. The van der Waals surface area contributed by atoms with Gasteiger partial charge in [-0.15, -0.1) is 0 Å². The van der Waals surface area contributed by atoms with Crippen LogP contribution >= 0.6 is 0 Å². The van der Waals surface area contributed by atoms with E-state index in [-0.39, 0.29) is 18.2 Å². The van der Waals surface area contributed by atoms with Gasteiger partial charge in [-0.1, -0.05) is 29.8 Å². The Morgan fingerprint density at radius 2 is 2.21 bits per heavy atom. The second kappa shape index (κ2) is 6.86. The van der Waals surface area contributed by atoms with Crippen LogP contribution in [0.15, 0.2) is 36.8 Å². The minimum atomic E-state index is -0.431. The summed E-state index contributed by atoms with van der Waals surface area (Å²) >= 11 is 0. The van der Waals surface area contributed by atoms with Crippen LogP contribution in [0.2, 0.25) is 0 Å². The van der Waals surface area contributed by atoms with Crippen molar-refractivity contribution in [3.05, 3.63) is 53.6 Å². The summed E-state index contributed by atoms with van der Waals surface area (Å²) < 4.78 is 0. The lowest BCUT2D eigenvalue weighted by Crippen LogP contribution is -2.57. The molecule has 1 saturated heterocycles. The first kappa shape index (κ1) is 16.2. The van der Waals surface area contributed by atoms with Gasteiger partial charge in [0.2, 0.25) is 11.8 Å². The van der Waals surface area contributed by atoms with Gasteiger partial charge in [0.1, 0.15) is 6.04 Å². The molecule has 1 aliphatic heterocycles. The molecule has 24 heavy (non-hydrogen) atoms. The first-order valence-electron chi connectivity index (χ1n) is 8.15. The molecule has 126 valence electrons. The molecule has 6 heteroatoms. The van der Waals surface area contributed by atoms with Crippen LogP contribution in [-0.2, 0) is 22.6 Å². The summed E-state index contributed by atoms with van der Waals surface area (Å²) in [5, 5.41) is 0. The average Bonchev–Trinajstić information content (AvgIpc) is 3.05. The Bertz CT molecular complexity index is 726. The summed E-state index contributed by atoms with van der Waals surface area (Å²) in [5.41, 5.74) is 3.07. The van der Waals surface area contributed by atoms with Gasteiger partial charge >= 0.3 is 0 Å². The van der Waals surface area contributed by atoms with Gasteiger partial charge in [0.05, 0.1) is 12.7 Å². The molecule has 2 aromatic rings. The number of carbonyl (C=O) groups excluding carboxylic acids is 2. The third kappa shape index (κ3) is 3.48. The number of imidazole rings is 1. The van der Waals surface area contributed by atoms with E-state index in [9.17, 15) is 9.59 Å². The van der Waals surface area contributed by atoms with Crippen molar-refractivity contribution in [2.75, 3.05) is 13.1 Å². The minimum absolute atomic E-state index is 0.000664. The van der Waals surface area contributed by atoms with Crippen molar-refractivity contribution in [1.82, 2.24) is 19.8 Å². The van der Waals surface area contributed by atoms with Gasteiger partial charge in [-0.2, -0.15) is 0 Å². The maximum Gasteiger partial charge on any atom is 0.245 e. The summed E-state index contributed by atoms with van der Waals surface area (Å²) in [6.45, 7) is 5.56. The Labute approximate surface area is 141 Å². The first-order valence-corrected chi connectivity index (χ1v) is 8.15. The number of piperazine rings is 1. The van der Waals surface area contributed by atoms with E-state index in [1.807, 2.05) is 30.0 Å². The van der Waals surface area contributed by atoms with Crippen LogP contribution in [0.5, 0.6) is 0 Å². The van der Waals surface area contributed by atoms with E-state index in [0.29, 0.717) is 19.6 Å². The maximum atomic E-state index is 12.6. The summed E-state index contributed by atoms with van der Waals surface area (Å²) in [6.07, 6.45) is 3.44. The van der Waals surface area contributed by atoms with Gasteiger partial charge in [0, 0.05) is 31.5 Å². The normalized spacial score (nSPS) is 18.1. The lowest BCUT2D eigenvalue weighted by atomic mass is 10.1. The van der Waals surface area contributed by atoms with Crippen LogP contribution in [0.4, 0.5) is 0 Å². The van der Waals surface area contributed by atoms with Crippen LogP contribution in [0.25, 0.3) is 0 Å². The average molecular weight is 326 g/mol. The number of benzene rings is 1. The molecule has 1 aromatic heterocycles. The van der Waals surface area contributed by atoms with Crippen molar-refractivity contribution < 1.29 is 9.59 Å². The van der Waals surface area contributed by atoms with Crippen molar-refractivity contribution in [3.8, 4) is 0 Å². The summed E-state index contributed by atoms with van der Waals surface area (Å²) in [7, 11) is 0. The number of nitrogens with one attached hydrogen (secondary N) is 1. The van der Waals surface area contributed by atoms with Crippen molar-refractivity contribution in [3.63, 3.8) is 0 Å². The van der Waals surface area contributed by atoms with Gasteiger partial charge in [-0.05, 0) is 19.4 Å². The van der Waals surface area contributed by atoms with E-state index >= 15 is 0 Å². The molecule has 0 bridgehead atoms. The van der Waals surface area contributed by atoms with Crippen molar-refractivity contribution in [2.45, 2.75) is 32.9 Å². The van der Waals surface area contributed by atoms with Crippen LogP contribution in [0.3, 0.4) is 0 Å². The van der Waals surface area contributed by atoms with Gasteiger partial charge in [-0.25, -0.2) is 4.98 Å². The van der Waals surface area contributed by atoms with Crippen molar-refractivity contribution in [1.29, 1.82) is 0 Å². The molecule has 2 heterocycles. The molecule has 6 nitrogen and oxygen atoms in total. The molecule has 1 aliphatic rings. The minimum Gasteiger partial charge on any atom is -0.348 e. The van der Waals surface area contributed by atoms with Crippen LogP contribution in [0.1, 0.15) is 23.7 Å². The maximum absolute atomic E-state index is 12.6. The molecule has 0 saturated carbocycles. The van der Waals surface area contributed by atoms with Crippen LogP contribution in [0, 0.1) is 6.92 Å². The van der Waals surface area contributed by atoms with E-state index in [2.05, 4.69) is 16.0 Å². The molecule has 0 aliphatic carbocycles. The van der Waals surface area contributed by atoms with Gasteiger partial charge in [0.15, 0.2) is 0 Å². The topological polar surface area (TPSA) is 69.3 Å². The lowest BCUT2D eigenvalue weighted by Gasteiger charge is -2.39. The number of aromatic nitrogens is 2. The van der Waals surface area contributed by atoms with Crippen molar-refractivity contribution >= 4 is 11.8 Å². The number of aryl methyl sites for hydroxylation is 1. The fraction of sp³-hybridized carbons (Fsp3) is 0.389. The summed E-state index contributed by atoms with van der Waals surface area (Å²) in [6, 6.07) is 7.73. The highest BCUT2D eigenvalue weighted by molar-refractivity contribution is 5.89. The summed E-state index contributed by atoms with van der Waals surface area (Å²) in [5.74, 6) is -0.0453. The lowest BCUT2D eigenvalue weighted by molar-refractivity contribution is -0.150.